The van der Waals surface area contributed by atoms with Gasteiger partial charge in [0.05, 0.1) is 29.6 Å². The Bertz CT molecular complexity index is 758. The van der Waals surface area contributed by atoms with Crippen LogP contribution in [0.25, 0.3) is 0 Å². The highest BCUT2D eigenvalue weighted by molar-refractivity contribution is 5.79. The molecule has 1 amide bonds. The quantitative estimate of drug-likeness (QED) is 0.478. The Morgan fingerprint density at radius 2 is 2.26 bits per heavy atom. The second-order valence-corrected chi connectivity index (χ2v) is 6.82. The summed E-state index contributed by atoms with van der Waals surface area (Å²) in [7, 11) is 0. The molecule has 2 atom stereocenters. The maximum absolute atomic E-state index is 13.8. The van der Waals surface area contributed by atoms with Crippen molar-refractivity contribution in [3.8, 4) is 12.3 Å². The van der Waals surface area contributed by atoms with Crippen molar-refractivity contribution in [2.75, 3.05) is 31.6 Å². The van der Waals surface area contributed by atoms with Crippen LogP contribution in [0.15, 0.2) is 12.3 Å². The molecular formula is C18H21FN4O4. The molecule has 8 nitrogen and oxygen atoms in total. The lowest BCUT2D eigenvalue weighted by Crippen LogP contribution is -2.41. The number of halogens is 1. The number of amides is 1. The van der Waals surface area contributed by atoms with Crippen molar-refractivity contribution < 1.29 is 18.8 Å². The number of nitrogens with one attached hydrogen (secondary N) is 1. The number of hydrogen-bond acceptors (Lipinski definition) is 6. The zero-order valence-electron chi connectivity index (χ0n) is 14.8. The Balaban J connectivity index is 1.48. The molecule has 144 valence electrons. The lowest BCUT2D eigenvalue weighted by atomic mass is 9.96. The summed E-state index contributed by atoms with van der Waals surface area (Å²) in [5, 5.41) is 13.4. The van der Waals surface area contributed by atoms with Gasteiger partial charge in [0.25, 0.3) is 5.69 Å². The third kappa shape index (κ3) is 4.52. The van der Waals surface area contributed by atoms with Crippen LogP contribution in [0.1, 0.15) is 19.3 Å². The molecule has 2 fully saturated rings. The molecule has 0 bridgehead atoms. The van der Waals surface area contributed by atoms with Gasteiger partial charge >= 0.3 is 0 Å². The van der Waals surface area contributed by atoms with E-state index >= 15 is 0 Å². The molecule has 0 unspecified atom stereocenters. The Morgan fingerprint density at radius 3 is 2.89 bits per heavy atom. The summed E-state index contributed by atoms with van der Waals surface area (Å²) in [6.07, 6.45) is 8.36. The summed E-state index contributed by atoms with van der Waals surface area (Å²) in [6, 6.07) is 0.816. The van der Waals surface area contributed by atoms with Crippen molar-refractivity contribution in [1.82, 2.24) is 9.88 Å². The number of nitrogens with zero attached hydrogens (tertiary/aromatic N) is 3. The Kier molecular flexibility index (Phi) is 5.86. The summed E-state index contributed by atoms with van der Waals surface area (Å²) in [4.78, 5) is 28.1. The highest BCUT2D eigenvalue weighted by Gasteiger charge is 2.34. The zero-order valence-corrected chi connectivity index (χ0v) is 14.8. The van der Waals surface area contributed by atoms with Gasteiger partial charge in [-0.15, -0.1) is 12.3 Å². The summed E-state index contributed by atoms with van der Waals surface area (Å²) in [5.41, 5.74) is -0.408. The minimum Gasteiger partial charge on any atom is -0.376 e. The van der Waals surface area contributed by atoms with Crippen LogP contribution >= 0.6 is 0 Å². The molecule has 2 aliphatic rings. The van der Waals surface area contributed by atoms with Gasteiger partial charge in [-0.05, 0) is 19.3 Å². The fourth-order valence-corrected chi connectivity index (χ4v) is 3.41. The van der Waals surface area contributed by atoms with Crippen LogP contribution in [0.2, 0.25) is 0 Å². The maximum Gasteiger partial charge on any atom is 0.290 e. The van der Waals surface area contributed by atoms with Crippen molar-refractivity contribution in [2.45, 2.75) is 25.4 Å². The van der Waals surface area contributed by atoms with E-state index in [1.807, 2.05) is 4.90 Å². The summed E-state index contributed by atoms with van der Waals surface area (Å²) < 4.78 is 19.5. The second-order valence-electron chi connectivity index (χ2n) is 6.82. The van der Waals surface area contributed by atoms with Gasteiger partial charge in [0.15, 0.2) is 11.6 Å². The lowest BCUT2D eigenvalue weighted by Gasteiger charge is -2.31. The molecule has 2 saturated heterocycles. The molecule has 0 spiro atoms. The number of terminal acetylenes is 1. The van der Waals surface area contributed by atoms with E-state index in [0.717, 1.165) is 25.1 Å². The first-order valence-electron chi connectivity index (χ1n) is 8.88. The van der Waals surface area contributed by atoms with Crippen molar-refractivity contribution in [3.05, 3.63) is 28.2 Å². The van der Waals surface area contributed by atoms with Crippen LogP contribution in [-0.2, 0) is 9.53 Å². The number of rotatable bonds is 5. The molecule has 3 heterocycles. The molecule has 1 N–H and O–H groups in total. The van der Waals surface area contributed by atoms with Gasteiger partial charge in [-0.2, -0.15) is 0 Å². The van der Waals surface area contributed by atoms with Crippen LogP contribution in [-0.4, -0.2) is 53.1 Å². The average molecular weight is 376 g/mol. The van der Waals surface area contributed by atoms with E-state index in [0.29, 0.717) is 26.1 Å². The van der Waals surface area contributed by atoms with E-state index < -0.39 is 16.4 Å². The number of hydrogen-bond donors (Lipinski definition) is 1. The predicted molar refractivity (Wildman–Crippen MR) is 95.3 cm³/mol. The molecule has 3 rings (SSSR count). The first-order valence-corrected chi connectivity index (χ1v) is 8.88. The first kappa shape index (κ1) is 19.0. The molecule has 0 radical (unpaired) electrons. The zero-order chi connectivity index (χ0) is 19.4. The third-order valence-electron chi connectivity index (χ3n) is 5.01. The number of carbonyl (C=O) groups is 1. The van der Waals surface area contributed by atoms with Crippen molar-refractivity contribution >= 4 is 17.4 Å². The number of pyridine rings is 1. The molecule has 27 heavy (non-hydrogen) atoms. The fourth-order valence-electron chi connectivity index (χ4n) is 3.41. The van der Waals surface area contributed by atoms with Crippen molar-refractivity contribution in [1.29, 1.82) is 0 Å². The molecule has 9 heteroatoms. The summed E-state index contributed by atoms with van der Waals surface area (Å²) in [6.45, 7) is 1.94. The number of anilines is 1. The first-order chi connectivity index (χ1) is 13.0. The van der Waals surface area contributed by atoms with Gasteiger partial charge in [-0.25, -0.2) is 9.37 Å². The van der Waals surface area contributed by atoms with E-state index in [4.69, 9.17) is 11.2 Å². The van der Waals surface area contributed by atoms with Gasteiger partial charge in [0, 0.05) is 25.6 Å². The number of likely N-dealkylation sites (tertiary alicyclic amines) is 1. The van der Waals surface area contributed by atoms with Crippen molar-refractivity contribution in [2.24, 2.45) is 11.8 Å². The topological polar surface area (TPSA) is 97.6 Å². The molecule has 0 aliphatic carbocycles. The number of aromatic nitrogens is 1. The van der Waals surface area contributed by atoms with Gasteiger partial charge < -0.3 is 15.0 Å². The van der Waals surface area contributed by atoms with E-state index in [9.17, 15) is 19.3 Å². The van der Waals surface area contributed by atoms with Gasteiger partial charge in [-0.3, -0.25) is 14.9 Å². The highest BCUT2D eigenvalue weighted by Crippen LogP contribution is 2.25. The minimum absolute atomic E-state index is 0.0738. The standard InChI is InChI=1S/C18H21FN4O4/c1-2-12-3-5-22(6-4-12)18(24)13-7-15(27-11-13)10-21-17-16(19)8-14(9-20-17)23(25)26/h1,8-9,12-13,15H,3-7,10-11H2,(H,20,21)/t13-,15-/m0/s1. The van der Waals surface area contributed by atoms with Crippen LogP contribution in [0, 0.1) is 40.1 Å². The molecular weight excluding hydrogens is 355 g/mol. The number of nitro groups is 1. The summed E-state index contributed by atoms with van der Waals surface area (Å²) >= 11 is 0. The van der Waals surface area contributed by atoms with Crippen LogP contribution in [0.3, 0.4) is 0 Å². The van der Waals surface area contributed by atoms with Gasteiger partial charge in [0.1, 0.15) is 6.20 Å². The number of piperidine rings is 1. The van der Waals surface area contributed by atoms with E-state index in [1.165, 1.54) is 0 Å². The average Bonchev–Trinajstić information content (AvgIpc) is 3.15. The van der Waals surface area contributed by atoms with Crippen LogP contribution < -0.4 is 5.32 Å². The maximum atomic E-state index is 13.8. The molecule has 1 aromatic heterocycles. The van der Waals surface area contributed by atoms with Crippen molar-refractivity contribution in [3.63, 3.8) is 0 Å². The van der Waals surface area contributed by atoms with Crippen LogP contribution in [0.4, 0.5) is 15.9 Å². The Labute approximate surface area is 156 Å². The Hall–Kier alpha value is -2.73. The van der Waals surface area contributed by atoms with Crippen LogP contribution in [0.5, 0.6) is 0 Å². The SMILES string of the molecule is C#CC1CCN(C(=O)[C@@H]2CO[C@H](CNc3ncc([N+](=O)[O-])cc3F)C2)CC1. The normalized spacial score (nSPS) is 23.0. The fraction of sp³-hybridized carbons (Fsp3) is 0.556. The van der Waals surface area contributed by atoms with E-state index in [2.05, 4.69) is 16.2 Å². The Morgan fingerprint density at radius 1 is 1.52 bits per heavy atom. The minimum atomic E-state index is -0.800. The smallest absolute Gasteiger partial charge is 0.290 e. The highest BCUT2D eigenvalue weighted by atomic mass is 19.1. The number of ether oxygens (including phenoxy) is 1. The molecule has 0 saturated carbocycles. The largest absolute Gasteiger partial charge is 0.376 e. The molecule has 1 aromatic rings. The molecule has 2 aliphatic heterocycles. The number of carbonyl (C=O) groups excluding carboxylic acids is 1. The van der Waals surface area contributed by atoms with Gasteiger partial charge in [-0.1, -0.05) is 0 Å². The van der Waals surface area contributed by atoms with E-state index in [-0.39, 0.29) is 36.2 Å². The third-order valence-corrected chi connectivity index (χ3v) is 5.01. The van der Waals surface area contributed by atoms with Gasteiger partial charge in [0.2, 0.25) is 5.91 Å². The predicted octanol–water partition coefficient (Wildman–Crippen LogP) is 1.82. The van der Waals surface area contributed by atoms with E-state index in [1.54, 1.807) is 0 Å². The summed E-state index contributed by atoms with van der Waals surface area (Å²) in [5.74, 6) is 1.98. The molecule has 0 aromatic carbocycles. The second kappa shape index (κ2) is 8.31. The monoisotopic (exact) mass is 376 g/mol. The lowest BCUT2D eigenvalue weighted by molar-refractivity contribution is -0.385.